The van der Waals surface area contributed by atoms with Crippen molar-refractivity contribution >= 4 is 34.2 Å². The Hall–Kier alpha value is -0.480. The maximum absolute atomic E-state index is 6.11. The second-order valence-corrected chi connectivity index (χ2v) is 5.12. The van der Waals surface area contributed by atoms with Crippen molar-refractivity contribution < 1.29 is 0 Å². The number of halogens is 2. The van der Waals surface area contributed by atoms with E-state index in [9.17, 15) is 0 Å². The maximum Gasteiger partial charge on any atom is 0.0560 e. The zero-order valence-electron chi connectivity index (χ0n) is 8.59. The summed E-state index contributed by atoms with van der Waals surface area (Å²) in [7, 11) is 0. The minimum absolute atomic E-state index is 0.806. The van der Waals surface area contributed by atoms with E-state index in [4.69, 9.17) is 11.6 Å². The number of benzene rings is 1. The highest BCUT2D eigenvalue weighted by atomic mass is 127. The molecule has 0 saturated carbocycles. The molecule has 0 spiro atoms. The third kappa shape index (κ3) is 2.06. The van der Waals surface area contributed by atoms with Crippen LogP contribution in [-0.4, -0.2) is 4.57 Å². The molecule has 0 fully saturated rings. The molecule has 0 atom stereocenters. The van der Waals surface area contributed by atoms with Crippen LogP contribution in [0.25, 0.3) is 5.69 Å². The summed E-state index contributed by atoms with van der Waals surface area (Å²) in [6.07, 6.45) is 0. The van der Waals surface area contributed by atoms with E-state index < -0.39 is 0 Å². The van der Waals surface area contributed by atoms with Gasteiger partial charge in [-0.2, -0.15) is 0 Å². The lowest BCUT2D eigenvalue weighted by Gasteiger charge is -2.10. The number of aromatic nitrogens is 1. The van der Waals surface area contributed by atoms with Crippen LogP contribution in [0, 0.1) is 17.4 Å². The molecule has 1 heterocycles. The van der Waals surface area contributed by atoms with Crippen LogP contribution in [0.1, 0.15) is 11.4 Å². The summed E-state index contributed by atoms with van der Waals surface area (Å²) in [6.45, 7) is 4.19. The molecule has 1 nitrogen and oxygen atoms in total. The topological polar surface area (TPSA) is 4.93 Å². The SMILES string of the molecule is Cc1ccc(C)n1-c1ccc(I)c(Cl)c1. The molecular formula is C12H11ClIN. The molecule has 0 unspecified atom stereocenters. The normalized spacial score (nSPS) is 10.7. The summed E-state index contributed by atoms with van der Waals surface area (Å²) in [4.78, 5) is 0. The van der Waals surface area contributed by atoms with Crippen molar-refractivity contribution in [2.75, 3.05) is 0 Å². The van der Waals surface area contributed by atoms with Gasteiger partial charge in [0.1, 0.15) is 0 Å². The molecule has 0 aliphatic rings. The second-order valence-electron chi connectivity index (χ2n) is 3.55. The Morgan fingerprint density at radius 3 is 2.20 bits per heavy atom. The van der Waals surface area contributed by atoms with Crippen LogP contribution >= 0.6 is 34.2 Å². The molecule has 1 aromatic heterocycles. The van der Waals surface area contributed by atoms with E-state index in [1.807, 2.05) is 12.1 Å². The van der Waals surface area contributed by atoms with Crippen LogP contribution in [0.5, 0.6) is 0 Å². The van der Waals surface area contributed by atoms with Crippen LogP contribution in [0.4, 0.5) is 0 Å². The smallest absolute Gasteiger partial charge is 0.0560 e. The molecule has 0 radical (unpaired) electrons. The average molecular weight is 332 g/mol. The van der Waals surface area contributed by atoms with Gasteiger partial charge in [0.2, 0.25) is 0 Å². The van der Waals surface area contributed by atoms with Gasteiger partial charge in [-0.05, 0) is 66.8 Å². The summed E-state index contributed by atoms with van der Waals surface area (Å²) < 4.78 is 3.28. The summed E-state index contributed by atoms with van der Waals surface area (Å²) >= 11 is 8.35. The molecule has 78 valence electrons. The monoisotopic (exact) mass is 331 g/mol. The van der Waals surface area contributed by atoms with Gasteiger partial charge in [-0.1, -0.05) is 11.6 Å². The summed E-state index contributed by atoms with van der Waals surface area (Å²) in [5.74, 6) is 0. The largest absolute Gasteiger partial charge is 0.318 e. The predicted molar refractivity (Wildman–Crippen MR) is 73.0 cm³/mol. The standard InChI is InChI=1S/C12H11ClIN/c1-8-3-4-9(2)15(8)10-5-6-12(14)11(13)7-10/h3-7H,1-2H3. The van der Waals surface area contributed by atoms with Crippen LogP contribution in [0.15, 0.2) is 30.3 Å². The lowest BCUT2D eigenvalue weighted by atomic mass is 10.3. The highest BCUT2D eigenvalue weighted by molar-refractivity contribution is 14.1. The van der Waals surface area contributed by atoms with E-state index in [2.05, 4.69) is 59.2 Å². The van der Waals surface area contributed by atoms with Gasteiger partial charge in [-0.15, -0.1) is 0 Å². The summed E-state index contributed by atoms with van der Waals surface area (Å²) in [5.41, 5.74) is 3.58. The Kier molecular flexibility index (Phi) is 3.07. The molecule has 2 aromatic rings. The lowest BCUT2D eigenvalue weighted by molar-refractivity contribution is 0.965. The molecular weight excluding hydrogens is 320 g/mol. The molecule has 0 aliphatic carbocycles. The first kappa shape index (κ1) is 11.0. The fourth-order valence-electron chi connectivity index (χ4n) is 1.70. The highest BCUT2D eigenvalue weighted by Gasteiger charge is 2.05. The van der Waals surface area contributed by atoms with Gasteiger partial charge in [0.15, 0.2) is 0 Å². The third-order valence-electron chi connectivity index (χ3n) is 2.43. The van der Waals surface area contributed by atoms with E-state index in [1.54, 1.807) is 0 Å². The van der Waals surface area contributed by atoms with Gasteiger partial charge in [0, 0.05) is 20.6 Å². The lowest BCUT2D eigenvalue weighted by Crippen LogP contribution is -1.98. The predicted octanol–water partition coefficient (Wildman–Crippen LogP) is 4.35. The van der Waals surface area contributed by atoms with Gasteiger partial charge in [-0.3, -0.25) is 0 Å². The van der Waals surface area contributed by atoms with Gasteiger partial charge >= 0.3 is 0 Å². The van der Waals surface area contributed by atoms with Gasteiger partial charge in [0.25, 0.3) is 0 Å². The quantitative estimate of drug-likeness (QED) is 0.685. The van der Waals surface area contributed by atoms with Crippen LogP contribution in [-0.2, 0) is 0 Å². The van der Waals surface area contributed by atoms with Crippen LogP contribution in [0.3, 0.4) is 0 Å². The van der Waals surface area contributed by atoms with Crippen molar-refractivity contribution in [3.63, 3.8) is 0 Å². The Morgan fingerprint density at radius 2 is 1.67 bits per heavy atom. The first-order chi connectivity index (χ1) is 7.09. The number of aryl methyl sites for hydroxylation is 2. The van der Waals surface area contributed by atoms with Gasteiger partial charge < -0.3 is 4.57 Å². The highest BCUT2D eigenvalue weighted by Crippen LogP contribution is 2.24. The maximum atomic E-state index is 6.11. The number of nitrogens with zero attached hydrogens (tertiary/aromatic N) is 1. The molecule has 2 rings (SSSR count). The zero-order chi connectivity index (χ0) is 11.0. The van der Waals surface area contributed by atoms with E-state index >= 15 is 0 Å². The Balaban J connectivity index is 2.59. The van der Waals surface area contributed by atoms with Gasteiger partial charge in [-0.25, -0.2) is 0 Å². The minimum Gasteiger partial charge on any atom is -0.318 e. The molecule has 0 amide bonds. The summed E-state index contributed by atoms with van der Waals surface area (Å²) in [5, 5.41) is 0.806. The van der Waals surface area contributed by atoms with Crippen molar-refractivity contribution in [1.82, 2.24) is 4.57 Å². The number of hydrogen-bond donors (Lipinski definition) is 0. The third-order valence-corrected chi connectivity index (χ3v) is 4.00. The van der Waals surface area contributed by atoms with Gasteiger partial charge in [0.05, 0.1) is 5.02 Å². The number of hydrogen-bond acceptors (Lipinski definition) is 0. The van der Waals surface area contributed by atoms with E-state index in [-0.39, 0.29) is 0 Å². The summed E-state index contributed by atoms with van der Waals surface area (Å²) in [6, 6.07) is 10.4. The first-order valence-corrected chi connectivity index (χ1v) is 6.15. The second kappa shape index (κ2) is 4.18. The van der Waals surface area contributed by atoms with E-state index in [1.165, 1.54) is 11.4 Å². The average Bonchev–Trinajstić information content (AvgIpc) is 2.52. The minimum atomic E-state index is 0.806. The fraction of sp³-hybridized carbons (Fsp3) is 0.167. The van der Waals surface area contributed by atoms with E-state index in [0.29, 0.717) is 0 Å². The van der Waals surface area contributed by atoms with Crippen LogP contribution in [0.2, 0.25) is 5.02 Å². The van der Waals surface area contributed by atoms with Crippen molar-refractivity contribution in [3.05, 3.63) is 50.3 Å². The molecule has 1 aromatic carbocycles. The Bertz CT molecular complexity index is 483. The number of rotatable bonds is 1. The molecule has 0 bridgehead atoms. The molecule has 0 saturated heterocycles. The molecule has 0 aliphatic heterocycles. The molecule has 0 N–H and O–H groups in total. The molecule has 15 heavy (non-hydrogen) atoms. The van der Waals surface area contributed by atoms with Crippen molar-refractivity contribution in [2.45, 2.75) is 13.8 Å². The molecule has 3 heteroatoms. The van der Waals surface area contributed by atoms with Crippen LogP contribution < -0.4 is 0 Å². The van der Waals surface area contributed by atoms with Crippen molar-refractivity contribution in [3.8, 4) is 5.69 Å². The fourth-order valence-corrected chi connectivity index (χ4v) is 2.21. The van der Waals surface area contributed by atoms with Crippen molar-refractivity contribution in [2.24, 2.45) is 0 Å². The van der Waals surface area contributed by atoms with E-state index in [0.717, 1.165) is 14.3 Å². The zero-order valence-corrected chi connectivity index (χ0v) is 11.5. The Morgan fingerprint density at radius 1 is 1.07 bits per heavy atom. The first-order valence-electron chi connectivity index (χ1n) is 4.70. The van der Waals surface area contributed by atoms with Crippen molar-refractivity contribution in [1.29, 1.82) is 0 Å². The Labute approximate surface area is 108 Å².